The molecule has 0 saturated carbocycles. The van der Waals surface area contributed by atoms with Gasteiger partial charge in [-0.3, -0.25) is 4.79 Å². The smallest absolute Gasteiger partial charge is 0.237 e. The van der Waals surface area contributed by atoms with Crippen LogP contribution in [-0.2, 0) is 4.79 Å². The highest BCUT2D eigenvalue weighted by molar-refractivity contribution is 5.81. The molecule has 0 spiro atoms. The van der Waals surface area contributed by atoms with Crippen molar-refractivity contribution in [3.8, 4) is 0 Å². The van der Waals surface area contributed by atoms with Crippen LogP contribution in [0.1, 0.15) is 34.1 Å². The Bertz CT molecular complexity index is 206. The van der Waals surface area contributed by atoms with Crippen molar-refractivity contribution >= 4 is 5.91 Å². The fourth-order valence-electron chi connectivity index (χ4n) is 0.824. The third kappa shape index (κ3) is 4.42. The van der Waals surface area contributed by atoms with Crippen LogP contribution in [0.3, 0.4) is 0 Å². The highest BCUT2D eigenvalue weighted by Gasteiger charge is 2.23. The monoisotopic (exact) mass is 198 g/mol. The average molecular weight is 198 g/mol. The van der Waals surface area contributed by atoms with E-state index in [0.717, 1.165) is 0 Å². The summed E-state index contributed by atoms with van der Waals surface area (Å²) in [4.78, 5) is 11.5. The lowest BCUT2D eigenvalue weighted by Gasteiger charge is -2.29. The fourth-order valence-corrected chi connectivity index (χ4v) is 0.824. The molecule has 0 aromatic carbocycles. The van der Waals surface area contributed by atoms with Crippen molar-refractivity contribution in [2.45, 2.75) is 46.2 Å². The van der Waals surface area contributed by atoms with Gasteiger partial charge in [0.15, 0.2) is 0 Å². The second-order valence-electron chi connectivity index (χ2n) is 4.73. The largest absolute Gasteiger partial charge is 0.352 e. The number of nitrogens with one attached hydrogen (secondary N) is 1. The molecule has 0 fully saturated rings. The normalized spacial score (nSPS) is 15.8. The average Bonchev–Trinajstić information content (AvgIpc) is 2.02. The second kappa shape index (κ2) is 5.15. The maximum Gasteiger partial charge on any atom is 0.237 e. The van der Waals surface area contributed by atoms with Crippen LogP contribution in [-0.4, -0.2) is 18.0 Å². The number of rotatable bonds is 4. The zero-order valence-electron chi connectivity index (χ0n) is 9.63. The van der Waals surface area contributed by atoms with Gasteiger partial charge in [-0.25, -0.2) is 0 Å². The molecule has 2 unspecified atom stereocenters. The van der Waals surface area contributed by atoms with E-state index in [1.807, 2.05) is 6.92 Å². The van der Waals surface area contributed by atoms with Crippen molar-refractivity contribution in [2.24, 2.45) is 11.1 Å². The first-order valence-electron chi connectivity index (χ1n) is 4.96. The van der Waals surface area contributed by atoms with Gasteiger partial charge >= 0.3 is 0 Å². The molecule has 0 bridgehead atoms. The first kappa shape index (κ1) is 13.2. The Morgan fingerprint density at radius 1 is 1.57 bits per heavy atom. The van der Waals surface area contributed by atoms with E-state index in [1.165, 1.54) is 0 Å². The number of carbonyl (C=O) groups is 1. The predicted molar refractivity (Wildman–Crippen MR) is 59.8 cm³/mol. The molecule has 3 nitrogen and oxygen atoms in total. The molecule has 3 heteroatoms. The van der Waals surface area contributed by atoms with Crippen LogP contribution < -0.4 is 11.1 Å². The standard InChI is InChI=1S/C11H22N2O/c1-6-7-9(12)10(14)13-8(2)11(3,4)5/h6,8-9H,1,7,12H2,2-5H3,(H,13,14). The van der Waals surface area contributed by atoms with Gasteiger partial charge in [0, 0.05) is 6.04 Å². The summed E-state index contributed by atoms with van der Waals surface area (Å²) in [5, 5.41) is 2.89. The van der Waals surface area contributed by atoms with Gasteiger partial charge in [-0.05, 0) is 18.8 Å². The summed E-state index contributed by atoms with van der Waals surface area (Å²) in [5.41, 5.74) is 5.70. The Morgan fingerprint density at radius 2 is 2.07 bits per heavy atom. The van der Waals surface area contributed by atoms with Crippen molar-refractivity contribution < 1.29 is 4.79 Å². The fraction of sp³-hybridized carbons (Fsp3) is 0.727. The van der Waals surface area contributed by atoms with Crippen LogP contribution >= 0.6 is 0 Å². The minimum absolute atomic E-state index is 0.0591. The van der Waals surface area contributed by atoms with E-state index >= 15 is 0 Å². The Balaban J connectivity index is 4.12. The molecular weight excluding hydrogens is 176 g/mol. The third-order valence-corrected chi connectivity index (χ3v) is 2.42. The van der Waals surface area contributed by atoms with Gasteiger partial charge in [-0.1, -0.05) is 26.8 Å². The molecule has 0 aromatic rings. The Morgan fingerprint density at radius 3 is 2.43 bits per heavy atom. The first-order chi connectivity index (χ1) is 6.29. The van der Waals surface area contributed by atoms with E-state index < -0.39 is 6.04 Å². The zero-order chi connectivity index (χ0) is 11.4. The van der Waals surface area contributed by atoms with E-state index in [9.17, 15) is 4.79 Å². The van der Waals surface area contributed by atoms with Gasteiger partial charge in [0.1, 0.15) is 0 Å². The summed E-state index contributed by atoms with van der Waals surface area (Å²) in [5.74, 6) is -0.104. The van der Waals surface area contributed by atoms with Gasteiger partial charge in [0.25, 0.3) is 0 Å². The Labute approximate surface area is 86.8 Å². The minimum Gasteiger partial charge on any atom is -0.352 e. The summed E-state index contributed by atoms with van der Waals surface area (Å²) in [6.45, 7) is 11.8. The lowest BCUT2D eigenvalue weighted by molar-refractivity contribution is -0.123. The predicted octanol–water partition coefficient (Wildman–Crippen LogP) is 1.44. The minimum atomic E-state index is -0.475. The molecule has 0 aliphatic rings. The number of hydrogen-bond donors (Lipinski definition) is 2. The number of hydrogen-bond acceptors (Lipinski definition) is 2. The van der Waals surface area contributed by atoms with Crippen LogP contribution in [0.2, 0.25) is 0 Å². The van der Waals surface area contributed by atoms with E-state index in [-0.39, 0.29) is 17.4 Å². The lowest BCUT2D eigenvalue weighted by atomic mass is 9.88. The molecule has 2 atom stereocenters. The van der Waals surface area contributed by atoms with Gasteiger partial charge in [-0.2, -0.15) is 0 Å². The van der Waals surface area contributed by atoms with Crippen molar-refractivity contribution in [2.75, 3.05) is 0 Å². The summed E-state index contributed by atoms with van der Waals surface area (Å²) in [7, 11) is 0. The summed E-state index contributed by atoms with van der Waals surface area (Å²) in [6.07, 6.45) is 2.18. The molecule has 0 heterocycles. The molecule has 0 radical (unpaired) electrons. The zero-order valence-corrected chi connectivity index (χ0v) is 9.63. The van der Waals surface area contributed by atoms with Gasteiger partial charge in [-0.15, -0.1) is 6.58 Å². The number of nitrogens with two attached hydrogens (primary N) is 1. The van der Waals surface area contributed by atoms with Gasteiger partial charge < -0.3 is 11.1 Å². The SMILES string of the molecule is C=CCC(N)C(=O)NC(C)C(C)(C)C. The van der Waals surface area contributed by atoms with Crippen molar-refractivity contribution in [3.63, 3.8) is 0 Å². The van der Waals surface area contributed by atoms with Crippen LogP contribution in [0.5, 0.6) is 0 Å². The maximum atomic E-state index is 11.5. The number of carbonyl (C=O) groups excluding carboxylic acids is 1. The van der Waals surface area contributed by atoms with Gasteiger partial charge in [0.2, 0.25) is 5.91 Å². The molecule has 3 N–H and O–H groups in total. The van der Waals surface area contributed by atoms with Crippen LogP contribution in [0.4, 0.5) is 0 Å². The molecule has 1 amide bonds. The lowest BCUT2D eigenvalue weighted by Crippen LogP contribution is -2.48. The molecule has 14 heavy (non-hydrogen) atoms. The van der Waals surface area contributed by atoms with E-state index in [1.54, 1.807) is 6.08 Å². The van der Waals surface area contributed by atoms with Crippen molar-refractivity contribution in [3.05, 3.63) is 12.7 Å². The van der Waals surface area contributed by atoms with Crippen LogP contribution in [0.15, 0.2) is 12.7 Å². The van der Waals surface area contributed by atoms with Crippen molar-refractivity contribution in [1.82, 2.24) is 5.32 Å². The third-order valence-electron chi connectivity index (χ3n) is 2.42. The van der Waals surface area contributed by atoms with Crippen LogP contribution in [0.25, 0.3) is 0 Å². The Hall–Kier alpha value is -0.830. The van der Waals surface area contributed by atoms with E-state index in [0.29, 0.717) is 6.42 Å². The van der Waals surface area contributed by atoms with E-state index in [4.69, 9.17) is 5.73 Å². The van der Waals surface area contributed by atoms with Crippen molar-refractivity contribution in [1.29, 1.82) is 0 Å². The quantitative estimate of drug-likeness (QED) is 0.672. The Kier molecular flexibility index (Phi) is 4.85. The number of amides is 1. The maximum absolute atomic E-state index is 11.5. The molecular formula is C11H22N2O. The van der Waals surface area contributed by atoms with Crippen LogP contribution in [0, 0.1) is 5.41 Å². The topological polar surface area (TPSA) is 55.1 Å². The molecule has 0 saturated heterocycles. The van der Waals surface area contributed by atoms with E-state index in [2.05, 4.69) is 32.7 Å². The molecule has 0 aliphatic heterocycles. The summed E-state index contributed by atoms with van der Waals surface area (Å²) >= 11 is 0. The first-order valence-corrected chi connectivity index (χ1v) is 4.96. The molecule has 0 aromatic heterocycles. The molecule has 82 valence electrons. The second-order valence-corrected chi connectivity index (χ2v) is 4.73. The highest BCUT2D eigenvalue weighted by Crippen LogP contribution is 2.18. The summed E-state index contributed by atoms with van der Waals surface area (Å²) < 4.78 is 0. The van der Waals surface area contributed by atoms with Gasteiger partial charge in [0.05, 0.1) is 6.04 Å². The molecule has 0 rings (SSSR count). The highest BCUT2D eigenvalue weighted by atomic mass is 16.2. The summed E-state index contributed by atoms with van der Waals surface area (Å²) in [6, 6.07) is -0.358. The molecule has 0 aliphatic carbocycles.